The molecule has 25 heavy (non-hydrogen) atoms. The number of nitrogens with zero attached hydrogens (tertiary/aromatic N) is 2. The fourth-order valence-corrected chi connectivity index (χ4v) is 3.47. The second-order valence-corrected chi connectivity index (χ2v) is 7.31. The van der Waals surface area contributed by atoms with Crippen LogP contribution in [0.4, 0.5) is 4.39 Å². The minimum Gasteiger partial charge on any atom is -0.356 e. The van der Waals surface area contributed by atoms with Crippen LogP contribution in [0, 0.1) is 12.7 Å². The number of aromatic nitrogens is 1. The van der Waals surface area contributed by atoms with E-state index < -0.39 is 0 Å². The van der Waals surface area contributed by atoms with Crippen LogP contribution in [0.25, 0.3) is 0 Å². The maximum atomic E-state index is 13.1. The molecule has 136 valence electrons. The summed E-state index contributed by atoms with van der Waals surface area (Å²) >= 11 is 1.68. The number of guanidine groups is 1. The number of hydrogen-bond acceptors (Lipinski definition) is 3. The van der Waals surface area contributed by atoms with E-state index in [2.05, 4.69) is 26.0 Å². The zero-order valence-electron chi connectivity index (χ0n) is 14.5. The Morgan fingerprint density at radius 3 is 2.56 bits per heavy atom. The lowest BCUT2D eigenvalue weighted by Gasteiger charge is -2.19. The molecule has 1 fully saturated rings. The summed E-state index contributed by atoms with van der Waals surface area (Å²) in [5.41, 5.74) is 2.44. The van der Waals surface area contributed by atoms with Crippen molar-refractivity contribution in [2.24, 2.45) is 4.99 Å². The Bertz CT molecular complexity index is 710. The van der Waals surface area contributed by atoms with Gasteiger partial charge in [0.2, 0.25) is 0 Å². The fourth-order valence-electron chi connectivity index (χ4n) is 2.83. The molecule has 7 heteroatoms. The lowest BCUT2D eigenvalue weighted by atomic mass is 9.96. The van der Waals surface area contributed by atoms with Crippen LogP contribution in [-0.2, 0) is 11.8 Å². The van der Waals surface area contributed by atoms with E-state index in [0.717, 1.165) is 49.0 Å². The molecule has 1 aromatic heterocycles. The van der Waals surface area contributed by atoms with Gasteiger partial charge in [-0.25, -0.2) is 9.37 Å². The highest BCUT2D eigenvalue weighted by Crippen LogP contribution is 2.47. The smallest absolute Gasteiger partial charge is 0.191 e. The van der Waals surface area contributed by atoms with Crippen LogP contribution in [0.2, 0.25) is 0 Å². The molecule has 1 heterocycles. The van der Waals surface area contributed by atoms with E-state index in [1.54, 1.807) is 18.4 Å². The van der Waals surface area contributed by atoms with Crippen molar-refractivity contribution in [3.05, 3.63) is 51.7 Å². The molecule has 1 aromatic carbocycles. The topological polar surface area (TPSA) is 49.3 Å². The third kappa shape index (κ3) is 5.37. The van der Waals surface area contributed by atoms with E-state index in [4.69, 9.17) is 0 Å². The number of halogens is 2. The Balaban J connectivity index is 0.00000225. The molecule has 0 spiro atoms. The Hall–Kier alpha value is -1.22. The molecule has 0 radical (unpaired) electrons. The highest BCUT2D eigenvalue weighted by Gasteiger charge is 2.44. The number of aliphatic imine (C=N–C) groups is 1. The lowest BCUT2D eigenvalue weighted by molar-refractivity contribution is 0.617. The van der Waals surface area contributed by atoms with Gasteiger partial charge in [-0.05, 0) is 37.5 Å². The number of aryl methyl sites for hydroxylation is 1. The fraction of sp³-hybridized carbons (Fsp3) is 0.444. The summed E-state index contributed by atoms with van der Waals surface area (Å²) in [5, 5.41) is 9.93. The van der Waals surface area contributed by atoms with Crippen molar-refractivity contribution in [2.75, 3.05) is 20.1 Å². The normalized spacial score (nSPS) is 15.4. The van der Waals surface area contributed by atoms with Gasteiger partial charge in [0.05, 0.1) is 10.7 Å². The first-order chi connectivity index (χ1) is 11.6. The van der Waals surface area contributed by atoms with Crippen LogP contribution in [0.15, 0.2) is 34.6 Å². The minimum atomic E-state index is -0.183. The van der Waals surface area contributed by atoms with Gasteiger partial charge in [0.1, 0.15) is 5.82 Å². The molecule has 1 aliphatic rings. The molecule has 0 saturated heterocycles. The summed E-state index contributed by atoms with van der Waals surface area (Å²) in [6.07, 6.45) is 3.13. The molecule has 4 nitrogen and oxygen atoms in total. The van der Waals surface area contributed by atoms with Gasteiger partial charge in [-0.2, -0.15) is 0 Å². The predicted octanol–water partition coefficient (Wildman–Crippen LogP) is 3.65. The monoisotopic (exact) mass is 474 g/mol. The van der Waals surface area contributed by atoms with E-state index in [1.807, 2.05) is 19.1 Å². The highest BCUT2D eigenvalue weighted by atomic mass is 127. The number of benzene rings is 1. The van der Waals surface area contributed by atoms with Crippen LogP contribution in [-0.4, -0.2) is 31.1 Å². The van der Waals surface area contributed by atoms with Crippen molar-refractivity contribution in [1.29, 1.82) is 0 Å². The Morgan fingerprint density at radius 2 is 2.00 bits per heavy atom. The molecule has 2 aromatic rings. The zero-order valence-corrected chi connectivity index (χ0v) is 17.7. The van der Waals surface area contributed by atoms with Gasteiger partial charge in [0.25, 0.3) is 0 Å². The van der Waals surface area contributed by atoms with Gasteiger partial charge in [0, 0.05) is 37.4 Å². The molecule has 2 N–H and O–H groups in total. The predicted molar refractivity (Wildman–Crippen MR) is 113 cm³/mol. The van der Waals surface area contributed by atoms with E-state index in [0.29, 0.717) is 0 Å². The van der Waals surface area contributed by atoms with Crippen molar-refractivity contribution in [2.45, 2.75) is 31.6 Å². The van der Waals surface area contributed by atoms with Crippen molar-refractivity contribution in [3.8, 4) is 0 Å². The summed E-state index contributed by atoms with van der Waals surface area (Å²) in [4.78, 5) is 8.74. The van der Waals surface area contributed by atoms with Gasteiger partial charge in [-0.15, -0.1) is 35.3 Å². The van der Waals surface area contributed by atoms with Crippen molar-refractivity contribution in [1.82, 2.24) is 15.6 Å². The van der Waals surface area contributed by atoms with Gasteiger partial charge in [0.15, 0.2) is 5.96 Å². The molecule has 3 rings (SSSR count). The maximum absolute atomic E-state index is 13.1. The second-order valence-electron chi connectivity index (χ2n) is 6.25. The van der Waals surface area contributed by atoms with E-state index in [1.165, 1.54) is 17.7 Å². The van der Waals surface area contributed by atoms with Crippen molar-refractivity contribution in [3.63, 3.8) is 0 Å². The number of hydrogen-bond donors (Lipinski definition) is 2. The highest BCUT2D eigenvalue weighted by molar-refractivity contribution is 14.0. The molecule has 0 amide bonds. The van der Waals surface area contributed by atoms with Crippen LogP contribution >= 0.6 is 35.3 Å². The third-order valence-corrected chi connectivity index (χ3v) is 5.29. The van der Waals surface area contributed by atoms with E-state index in [-0.39, 0.29) is 35.2 Å². The first-order valence-electron chi connectivity index (χ1n) is 8.23. The number of thiazole rings is 1. The quantitative estimate of drug-likeness (QED) is 0.382. The third-order valence-electron chi connectivity index (χ3n) is 4.47. The van der Waals surface area contributed by atoms with Crippen molar-refractivity contribution < 1.29 is 4.39 Å². The average Bonchev–Trinajstić information content (AvgIpc) is 3.26. The summed E-state index contributed by atoms with van der Waals surface area (Å²) in [5.74, 6) is 0.618. The molecule has 0 bridgehead atoms. The Kier molecular flexibility index (Phi) is 7.18. The van der Waals surface area contributed by atoms with Crippen LogP contribution < -0.4 is 10.6 Å². The number of rotatable bonds is 6. The van der Waals surface area contributed by atoms with E-state index >= 15 is 0 Å². The molecule has 0 atom stereocenters. The molecular formula is C18H24FIN4S. The first-order valence-corrected chi connectivity index (χ1v) is 9.11. The van der Waals surface area contributed by atoms with Crippen molar-refractivity contribution >= 4 is 41.3 Å². The van der Waals surface area contributed by atoms with Gasteiger partial charge in [-0.3, -0.25) is 4.99 Å². The van der Waals surface area contributed by atoms with Gasteiger partial charge in [-0.1, -0.05) is 12.1 Å². The summed E-state index contributed by atoms with van der Waals surface area (Å²) in [6.45, 7) is 3.63. The molecule has 1 aliphatic carbocycles. The Labute approximate surface area is 169 Å². The molecule has 0 unspecified atom stereocenters. The molecular weight excluding hydrogens is 450 g/mol. The van der Waals surface area contributed by atoms with Crippen LogP contribution in [0.3, 0.4) is 0 Å². The number of nitrogens with one attached hydrogen (secondary N) is 2. The minimum absolute atomic E-state index is 0. The van der Waals surface area contributed by atoms with Crippen LogP contribution in [0.1, 0.15) is 29.1 Å². The SMILES string of the molecule is CN=C(NCCc1csc(C)n1)NCC1(c2ccc(F)cc2)CC1.I. The van der Waals surface area contributed by atoms with Crippen LogP contribution in [0.5, 0.6) is 0 Å². The Morgan fingerprint density at radius 1 is 1.28 bits per heavy atom. The van der Waals surface area contributed by atoms with E-state index in [9.17, 15) is 4.39 Å². The second kappa shape index (κ2) is 8.93. The zero-order chi connectivity index (χ0) is 17.0. The maximum Gasteiger partial charge on any atom is 0.191 e. The lowest BCUT2D eigenvalue weighted by Crippen LogP contribution is -2.42. The average molecular weight is 474 g/mol. The molecule has 1 saturated carbocycles. The standard InChI is InChI=1S/C18H23FN4S.HI/c1-13-23-16(11-24-13)7-10-21-17(20-2)22-12-18(8-9-18)14-3-5-15(19)6-4-14;/h3-6,11H,7-10,12H2,1-2H3,(H2,20,21,22);1H. The van der Waals surface area contributed by atoms with Gasteiger partial charge >= 0.3 is 0 Å². The van der Waals surface area contributed by atoms with Gasteiger partial charge < -0.3 is 10.6 Å². The molecule has 0 aliphatic heterocycles. The first kappa shape index (κ1) is 20.1. The largest absolute Gasteiger partial charge is 0.356 e. The summed E-state index contributed by atoms with van der Waals surface area (Å²) in [7, 11) is 1.78. The summed E-state index contributed by atoms with van der Waals surface area (Å²) in [6, 6.07) is 6.87. The summed E-state index contributed by atoms with van der Waals surface area (Å²) < 4.78 is 13.1.